The van der Waals surface area contributed by atoms with Crippen LogP contribution in [0.2, 0.25) is 0 Å². The molecule has 0 bridgehead atoms. The van der Waals surface area contributed by atoms with Crippen molar-refractivity contribution in [3.63, 3.8) is 0 Å². The summed E-state index contributed by atoms with van der Waals surface area (Å²) in [5, 5.41) is 2.81. The van der Waals surface area contributed by atoms with Gasteiger partial charge >= 0.3 is 0 Å². The second-order valence-corrected chi connectivity index (χ2v) is 9.69. The van der Waals surface area contributed by atoms with Crippen molar-refractivity contribution in [2.75, 3.05) is 41.3 Å². The molecule has 0 atom stereocenters. The van der Waals surface area contributed by atoms with Crippen LogP contribution in [0.1, 0.15) is 16.2 Å². The number of rotatable bonds is 6. The molecule has 0 aliphatic carbocycles. The Bertz CT molecular complexity index is 1620. The summed E-state index contributed by atoms with van der Waals surface area (Å²) in [5.74, 6) is -0.230. The number of aromatic nitrogens is 2. The topological polar surface area (TPSA) is 70.0 Å². The average molecular weight is 516 g/mol. The number of amides is 1. The van der Waals surface area contributed by atoms with Crippen LogP contribution in [0.15, 0.2) is 103 Å². The number of ketones is 1. The first-order valence-corrected chi connectivity index (χ1v) is 13.1. The Morgan fingerprint density at radius 3 is 2.21 bits per heavy atom. The number of hydrogen-bond acceptors (Lipinski definition) is 5. The van der Waals surface area contributed by atoms with Crippen LogP contribution in [0, 0.1) is 6.92 Å². The van der Waals surface area contributed by atoms with Gasteiger partial charge in [0, 0.05) is 60.5 Å². The van der Waals surface area contributed by atoms with Gasteiger partial charge in [-0.25, -0.2) is 4.98 Å². The van der Waals surface area contributed by atoms with Gasteiger partial charge in [0.25, 0.3) is 11.7 Å². The van der Waals surface area contributed by atoms with Crippen molar-refractivity contribution in [1.29, 1.82) is 0 Å². The number of carbonyl (C=O) groups excluding carboxylic acids is 2. The molecule has 1 N–H and O–H groups in total. The molecule has 1 aliphatic rings. The first-order valence-electron chi connectivity index (χ1n) is 13.1. The molecule has 0 spiro atoms. The molecule has 7 heteroatoms. The van der Waals surface area contributed by atoms with Crippen LogP contribution in [-0.4, -0.2) is 47.3 Å². The number of benzene rings is 2. The molecule has 6 rings (SSSR count). The van der Waals surface area contributed by atoms with E-state index >= 15 is 0 Å². The van der Waals surface area contributed by atoms with E-state index in [1.54, 1.807) is 0 Å². The number of pyridine rings is 2. The third kappa shape index (κ3) is 4.86. The van der Waals surface area contributed by atoms with E-state index in [1.165, 1.54) is 0 Å². The molecular formula is C32H29N5O2. The number of carbonyl (C=O) groups is 2. The van der Waals surface area contributed by atoms with Crippen molar-refractivity contribution in [2.24, 2.45) is 0 Å². The first-order chi connectivity index (χ1) is 19.1. The van der Waals surface area contributed by atoms with Crippen LogP contribution in [0.3, 0.4) is 0 Å². The minimum absolute atomic E-state index is 0.370. The van der Waals surface area contributed by atoms with E-state index in [4.69, 9.17) is 0 Å². The van der Waals surface area contributed by atoms with Gasteiger partial charge in [-0.1, -0.05) is 42.5 Å². The zero-order valence-corrected chi connectivity index (χ0v) is 21.7. The van der Waals surface area contributed by atoms with Crippen molar-refractivity contribution < 1.29 is 9.59 Å². The fraction of sp³-hybridized carbons (Fsp3) is 0.156. The minimum Gasteiger partial charge on any atom is -0.368 e. The number of fused-ring (bicyclic) bond motifs is 1. The highest BCUT2D eigenvalue weighted by molar-refractivity contribution is 6.47. The second-order valence-electron chi connectivity index (χ2n) is 9.69. The van der Waals surface area contributed by atoms with E-state index in [0.29, 0.717) is 11.4 Å². The zero-order valence-electron chi connectivity index (χ0n) is 21.7. The molecule has 39 heavy (non-hydrogen) atoms. The van der Waals surface area contributed by atoms with Crippen molar-refractivity contribution >= 4 is 34.4 Å². The van der Waals surface area contributed by atoms with Crippen LogP contribution in [-0.2, 0) is 4.79 Å². The van der Waals surface area contributed by atoms with Crippen LogP contribution in [0.4, 0.5) is 17.2 Å². The lowest BCUT2D eigenvalue weighted by atomic mass is 10.0. The van der Waals surface area contributed by atoms with Gasteiger partial charge < -0.3 is 19.5 Å². The highest BCUT2D eigenvalue weighted by atomic mass is 16.2. The molecule has 0 unspecified atom stereocenters. The van der Waals surface area contributed by atoms with Crippen molar-refractivity contribution in [3.05, 3.63) is 115 Å². The number of aryl methyl sites for hydroxylation is 1. The van der Waals surface area contributed by atoms with E-state index in [-0.39, 0.29) is 0 Å². The summed E-state index contributed by atoms with van der Waals surface area (Å²) in [5.41, 5.74) is 5.43. The quantitative estimate of drug-likeness (QED) is 0.240. The summed E-state index contributed by atoms with van der Waals surface area (Å²) in [6, 6.07) is 31.2. The molecule has 0 saturated carbocycles. The summed E-state index contributed by atoms with van der Waals surface area (Å²) >= 11 is 0. The van der Waals surface area contributed by atoms with Gasteiger partial charge in [-0.05, 0) is 67.1 Å². The Morgan fingerprint density at radius 2 is 1.49 bits per heavy atom. The lowest BCUT2D eigenvalue weighted by molar-refractivity contribution is -0.112. The highest BCUT2D eigenvalue weighted by Crippen LogP contribution is 2.30. The Morgan fingerprint density at radius 1 is 0.769 bits per heavy atom. The van der Waals surface area contributed by atoms with Crippen LogP contribution in [0.5, 0.6) is 0 Å². The van der Waals surface area contributed by atoms with Gasteiger partial charge in [0.05, 0.1) is 0 Å². The van der Waals surface area contributed by atoms with Gasteiger partial charge in [-0.2, -0.15) is 0 Å². The molecule has 7 nitrogen and oxygen atoms in total. The van der Waals surface area contributed by atoms with E-state index in [2.05, 4.69) is 20.1 Å². The Labute approximate surface area is 227 Å². The maximum atomic E-state index is 13.6. The molecule has 4 heterocycles. The van der Waals surface area contributed by atoms with E-state index in [9.17, 15) is 9.59 Å². The average Bonchev–Trinajstić information content (AvgIpc) is 3.39. The van der Waals surface area contributed by atoms with Gasteiger partial charge in [-0.3, -0.25) is 9.59 Å². The molecular weight excluding hydrogens is 486 g/mol. The fourth-order valence-electron chi connectivity index (χ4n) is 5.24. The molecule has 3 aromatic heterocycles. The second kappa shape index (κ2) is 10.5. The number of piperazine rings is 1. The molecule has 1 saturated heterocycles. The van der Waals surface area contributed by atoms with Gasteiger partial charge in [-0.15, -0.1) is 0 Å². The summed E-state index contributed by atoms with van der Waals surface area (Å²) in [4.78, 5) is 35.8. The van der Waals surface area contributed by atoms with Crippen LogP contribution < -0.4 is 15.1 Å². The summed E-state index contributed by atoms with van der Waals surface area (Å²) in [6.45, 7) is 5.47. The third-order valence-electron chi connectivity index (χ3n) is 7.24. The zero-order chi connectivity index (χ0) is 26.8. The van der Waals surface area contributed by atoms with Crippen molar-refractivity contribution in [3.8, 4) is 11.1 Å². The minimum atomic E-state index is -0.660. The molecule has 2 aromatic carbocycles. The molecule has 194 valence electrons. The fourth-order valence-corrected chi connectivity index (χ4v) is 5.24. The lowest BCUT2D eigenvalue weighted by Crippen LogP contribution is -2.46. The van der Waals surface area contributed by atoms with E-state index < -0.39 is 11.7 Å². The molecule has 5 aromatic rings. The normalized spacial score (nSPS) is 13.5. The molecule has 1 fully saturated rings. The van der Waals surface area contributed by atoms with E-state index in [1.807, 2.05) is 115 Å². The monoisotopic (exact) mass is 515 g/mol. The Balaban J connectivity index is 1.18. The number of anilines is 3. The third-order valence-corrected chi connectivity index (χ3v) is 7.24. The molecule has 1 aliphatic heterocycles. The standard InChI is InChI=1S/C32H29N5O2/c1-23-8-7-11-27-22-28(24-9-3-2-4-10-24)30(37(23)27)31(38)32(39)34-25-13-15-26(16-14-25)35-18-20-36(21-19-35)29-12-5-6-17-33-29/h2-17,22H,18-21H2,1H3,(H,34,39). The SMILES string of the molecule is Cc1cccc2cc(-c3ccccc3)c(C(=O)C(=O)Nc3ccc(N4CCN(c5ccccn5)CC4)cc3)n12. The summed E-state index contributed by atoms with van der Waals surface area (Å²) in [6.07, 6.45) is 1.82. The maximum Gasteiger partial charge on any atom is 0.298 e. The lowest BCUT2D eigenvalue weighted by Gasteiger charge is -2.36. The predicted octanol–water partition coefficient (Wildman–Crippen LogP) is 5.46. The molecule has 0 radical (unpaired) electrons. The van der Waals surface area contributed by atoms with Crippen LogP contribution >= 0.6 is 0 Å². The smallest absolute Gasteiger partial charge is 0.298 e. The Kier molecular flexibility index (Phi) is 6.55. The summed E-state index contributed by atoms with van der Waals surface area (Å²) < 4.78 is 1.86. The summed E-state index contributed by atoms with van der Waals surface area (Å²) in [7, 11) is 0. The van der Waals surface area contributed by atoms with E-state index in [0.717, 1.165) is 60.0 Å². The van der Waals surface area contributed by atoms with Gasteiger partial charge in [0.1, 0.15) is 11.5 Å². The Hall–Kier alpha value is -4.91. The number of nitrogens with zero attached hydrogens (tertiary/aromatic N) is 4. The predicted molar refractivity (Wildman–Crippen MR) is 156 cm³/mol. The largest absolute Gasteiger partial charge is 0.368 e. The van der Waals surface area contributed by atoms with Gasteiger partial charge in [0.15, 0.2) is 0 Å². The first kappa shape index (κ1) is 24.4. The number of nitrogens with one attached hydrogen (secondary N) is 1. The van der Waals surface area contributed by atoms with Gasteiger partial charge in [0.2, 0.25) is 0 Å². The highest BCUT2D eigenvalue weighted by Gasteiger charge is 2.26. The van der Waals surface area contributed by atoms with Crippen molar-refractivity contribution in [2.45, 2.75) is 6.92 Å². The van der Waals surface area contributed by atoms with Crippen molar-refractivity contribution in [1.82, 2.24) is 9.38 Å². The maximum absolute atomic E-state index is 13.6. The molecule has 1 amide bonds. The number of hydrogen-bond donors (Lipinski definition) is 1. The van der Waals surface area contributed by atoms with Crippen LogP contribution in [0.25, 0.3) is 16.6 Å². The number of Topliss-reactive ketones (excluding diaryl/α,β-unsaturated/α-hetero) is 1.